The topological polar surface area (TPSA) is 67.4 Å². The third kappa shape index (κ3) is 4.10. The molecule has 1 aliphatic rings. The van der Waals surface area contributed by atoms with Gasteiger partial charge in [0.15, 0.2) is 0 Å². The van der Waals surface area contributed by atoms with Gasteiger partial charge in [-0.3, -0.25) is 4.79 Å². The van der Waals surface area contributed by atoms with E-state index >= 15 is 0 Å². The molecule has 6 nitrogen and oxygen atoms in total. The zero-order chi connectivity index (χ0) is 18.7. The van der Waals surface area contributed by atoms with E-state index in [1.165, 1.54) is 24.3 Å². The first-order valence-electron chi connectivity index (χ1n) is 8.00. The Hall–Kier alpha value is -2.68. The molecule has 1 aromatic heterocycles. The molecular weight excluding hydrogens is 349 g/mol. The fourth-order valence-corrected chi connectivity index (χ4v) is 2.62. The summed E-state index contributed by atoms with van der Waals surface area (Å²) in [5.41, 5.74) is -0.392. The predicted molar refractivity (Wildman–Crippen MR) is 88.2 cm³/mol. The molecule has 1 aliphatic heterocycles. The average molecular weight is 366 g/mol. The SMILES string of the molecule is Cc1cc(C(=O)N2CCOCC2)nc(Nc2ccccc2C(F)(F)F)n1. The number of nitrogens with zero attached hydrogens (tertiary/aromatic N) is 3. The van der Waals surface area contributed by atoms with Gasteiger partial charge in [-0.15, -0.1) is 0 Å². The first-order chi connectivity index (χ1) is 12.3. The summed E-state index contributed by atoms with van der Waals surface area (Å²) in [5.74, 6) is -0.357. The van der Waals surface area contributed by atoms with Crippen molar-refractivity contribution in [2.75, 3.05) is 31.6 Å². The molecule has 0 spiro atoms. The van der Waals surface area contributed by atoms with Crippen LogP contribution in [0.4, 0.5) is 24.8 Å². The van der Waals surface area contributed by atoms with Crippen molar-refractivity contribution in [2.45, 2.75) is 13.1 Å². The maximum atomic E-state index is 13.1. The van der Waals surface area contributed by atoms with E-state index in [-0.39, 0.29) is 23.2 Å². The van der Waals surface area contributed by atoms with E-state index in [1.54, 1.807) is 11.8 Å². The van der Waals surface area contributed by atoms with Crippen molar-refractivity contribution in [1.82, 2.24) is 14.9 Å². The highest BCUT2D eigenvalue weighted by atomic mass is 19.4. The molecular formula is C17H17F3N4O2. The third-order valence-corrected chi connectivity index (χ3v) is 3.85. The number of para-hydroxylation sites is 1. The number of rotatable bonds is 3. The molecule has 138 valence electrons. The molecule has 2 heterocycles. The Morgan fingerprint density at radius 3 is 2.58 bits per heavy atom. The minimum absolute atomic E-state index is 0.0571. The van der Waals surface area contributed by atoms with Crippen molar-refractivity contribution in [3.63, 3.8) is 0 Å². The number of alkyl halides is 3. The highest BCUT2D eigenvalue weighted by Gasteiger charge is 2.33. The lowest BCUT2D eigenvalue weighted by Gasteiger charge is -2.26. The lowest BCUT2D eigenvalue weighted by Crippen LogP contribution is -2.41. The predicted octanol–water partition coefficient (Wildman–Crippen LogP) is 3.02. The summed E-state index contributed by atoms with van der Waals surface area (Å²) < 4.78 is 44.6. The maximum Gasteiger partial charge on any atom is 0.418 e. The van der Waals surface area contributed by atoms with Crippen LogP contribution in [0.25, 0.3) is 0 Å². The van der Waals surface area contributed by atoms with Crippen LogP contribution in [0.2, 0.25) is 0 Å². The minimum atomic E-state index is -4.51. The molecule has 0 radical (unpaired) electrons. The van der Waals surface area contributed by atoms with Crippen LogP contribution in [0.15, 0.2) is 30.3 Å². The van der Waals surface area contributed by atoms with Gasteiger partial charge < -0.3 is 15.0 Å². The van der Waals surface area contributed by atoms with Gasteiger partial charge in [0.1, 0.15) is 5.69 Å². The molecule has 2 aromatic rings. The van der Waals surface area contributed by atoms with E-state index in [9.17, 15) is 18.0 Å². The molecule has 1 fully saturated rings. The quantitative estimate of drug-likeness (QED) is 0.905. The smallest absolute Gasteiger partial charge is 0.378 e. The van der Waals surface area contributed by atoms with Gasteiger partial charge in [-0.05, 0) is 25.1 Å². The molecule has 0 unspecified atom stereocenters. The van der Waals surface area contributed by atoms with Crippen molar-refractivity contribution >= 4 is 17.5 Å². The summed E-state index contributed by atoms with van der Waals surface area (Å²) in [5, 5.41) is 2.58. The fraction of sp³-hybridized carbons (Fsp3) is 0.353. The molecule has 0 atom stereocenters. The highest BCUT2D eigenvalue weighted by Crippen LogP contribution is 2.35. The Bertz CT molecular complexity index is 805. The molecule has 0 bridgehead atoms. The molecule has 26 heavy (non-hydrogen) atoms. The Morgan fingerprint density at radius 1 is 1.19 bits per heavy atom. The van der Waals surface area contributed by atoms with E-state index < -0.39 is 11.7 Å². The molecule has 3 rings (SSSR count). The monoisotopic (exact) mass is 366 g/mol. The summed E-state index contributed by atoms with van der Waals surface area (Å²) in [6, 6.07) is 6.56. The second kappa shape index (κ2) is 7.28. The van der Waals surface area contributed by atoms with Crippen molar-refractivity contribution < 1.29 is 22.7 Å². The lowest BCUT2D eigenvalue weighted by atomic mass is 10.1. The summed E-state index contributed by atoms with van der Waals surface area (Å²) >= 11 is 0. The zero-order valence-corrected chi connectivity index (χ0v) is 14.0. The number of anilines is 2. The van der Waals surface area contributed by atoms with Crippen molar-refractivity contribution in [3.8, 4) is 0 Å². The Kier molecular flexibility index (Phi) is 5.08. The molecule has 1 saturated heterocycles. The average Bonchev–Trinajstić information content (AvgIpc) is 2.61. The van der Waals surface area contributed by atoms with Crippen molar-refractivity contribution in [3.05, 3.63) is 47.3 Å². The fourth-order valence-electron chi connectivity index (χ4n) is 2.62. The van der Waals surface area contributed by atoms with Crippen LogP contribution >= 0.6 is 0 Å². The normalized spacial score (nSPS) is 15.0. The van der Waals surface area contributed by atoms with Crippen LogP contribution in [0.1, 0.15) is 21.7 Å². The number of ether oxygens (including phenoxy) is 1. The summed E-state index contributed by atoms with van der Waals surface area (Å²) in [6.07, 6.45) is -4.51. The molecule has 0 aliphatic carbocycles. The Balaban J connectivity index is 1.88. The van der Waals surface area contributed by atoms with Gasteiger partial charge in [0.25, 0.3) is 5.91 Å². The van der Waals surface area contributed by atoms with Crippen LogP contribution in [0, 0.1) is 6.92 Å². The van der Waals surface area contributed by atoms with Crippen LogP contribution in [-0.2, 0) is 10.9 Å². The van der Waals surface area contributed by atoms with E-state index in [0.29, 0.717) is 32.0 Å². The van der Waals surface area contributed by atoms with Gasteiger partial charge in [-0.1, -0.05) is 12.1 Å². The van der Waals surface area contributed by atoms with E-state index in [2.05, 4.69) is 15.3 Å². The number of hydrogen-bond donors (Lipinski definition) is 1. The number of carbonyl (C=O) groups excluding carboxylic acids is 1. The van der Waals surface area contributed by atoms with Crippen LogP contribution in [0.3, 0.4) is 0 Å². The number of halogens is 3. The largest absolute Gasteiger partial charge is 0.418 e. The Morgan fingerprint density at radius 2 is 1.88 bits per heavy atom. The van der Waals surface area contributed by atoms with Crippen LogP contribution < -0.4 is 5.32 Å². The van der Waals surface area contributed by atoms with E-state index in [1.807, 2.05) is 0 Å². The summed E-state index contributed by atoms with van der Waals surface area (Å²) in [6.45, 7) is 3.43. The summed E-state index contributed by atoms with van der Waals surface area (Å²) in [4.78, 5) is 22.4. The maximum absolute atomic E-state index is 13.1. The van der Waals surface area contributed by atoms with Gasteiger partial charge >= 0.3 is 6.18 Å². The highest BCUT2D eigenvalue weighted by molar-refractivity contribution is 5.92. The van der Waals surface area contributed by atoms with Crippen molar-refractivity contribution in [1.29, 1.82) is 0 Å². The zero-order valence-electron chi connectivity index (χ0n) is 14.0. The van der Waals surface area contributed by atoms with Gasteiger partial charge in [0, 0.05) is 18.8 Å². The summed E-state index contributed by atoms with van der Waals surface area (Å²) in [7, 11) is 0. The number of carbonyl (C=O) groups is 1. The number of benzene rings is 1. The van der Waals surface area contributed by atoms with Crippen LogP contribution in [0.5, 0.6) is 0 Å². The standard InChI is InChI=1S/C17H17F3N4O2/c1-11-10-14(15(25)24-6-8-26-9-7-24)23-16(21-11)22-13-5-3-2-4-12(13)17(18,19)20/h2-5,10H,6-9H2,1H3,(H,21,22,23). The second-order valence-electron chi connectivity index (χ2n) is 5.79. The number of morpholine rings is 1. The van der Waals surface area contributed by atoms with Gasteiger partial charge in [0.05, 0.1) is 24.5 Å². The van der Waals surface area contributed by atoms with Gasteiger partial charge in [0.2, 0.25) is 5.95 Å². The Labute approximate surface area is 148 Å². The third-order valence-electron chi connectivity index (χ3n) is 3.85. The first kappa shape index (κ1) is 18.1. The van der Waals surface area contributed by atoms with Crippen LogP contribution in [-0.4, -0.2) is 47.1 Å². The molecule has 9 heteroatoms. The number of nitrogens with one attached hydrogen (secondary N) is 1. The first-order valence-corrected chi connectivity index (χ1v) is 8.00. The molecule has 0 saturated carbocycles. The minimum Gasteiger partial charge on any atom is -0.378 e. The van der Waals surface area contributed by atoms with Crippen molar-refractivity contribution in [2.24, 2.45) is 0 Å². The van der Waals surface area contributed by atoms with Gasteiger partial charge in [-0.2, -0.15) is 13.2 Å². The number of aryl methyl sites for hydroxylation is 1. The lowest BCUT2D eigenvalue weighted by molar-refractivity contribution is -0.136. The second-order valence-corrected chi connectivity index (χ2v) is 5.79. The number of amides is 1. The number of aromatic nitrogens is 2. The van der Waals surface area contributed by atoms with Gasteiger partial charge in [-0.25, -0.2) is 9.97 Å². The van der Waals surface area contributed by atoms with E-state index in [4.69, 9.17) is 4.74 Å². The molecule has 1 aromatic carbocycles. The van der Waals surface area contributed by atoms with E-state index in [0.717, 1.165) is 6.07 Å². The number of hydrogen-bond acceptors (Lipinski definition) is 5. The molecule has 1 amide bonds. The molecule has 1 N–H and O–H groups in total.